The van der Waals surface area contributed by atoms with Crippen molar-refractivity contribution in [3.8, 4) is 0 Å². The van der Waals surface area contributed by atoms with Crippen LogP contribution in [0.2, 0.25) is 0 Å². The number of hydrogen-bond donors (Lipinski definition) is 1. The highest BCUT2D eigenvalue weighted by molar-refractivity contribution is 5.77. The van der Waals surface area contributed by atoms with Crippen molar-refractivity contribution in [2.45, 2.75) is 49.6 Å². The minimum absolute atomic E-state index is 0.205. The van der Waals surface area contributed by atoms with E-state index in [0.717, 1.165) is 52.0 Å². The molecule has 1 N–H and O–H groups in total. The van der Waals surface area contributed by atoms with Gasteiger partial charge in [0.15, 0.2) is 0 Å². The summed E-state index contributed by atoms with van der Waals surface area (Å²) in [7, 11) is 3.68. The first-order valence-electron chi connectivity index (χ1n) is 10.4. The molecule has 1 aliphatic carbocycles. The maximum absolute atomic E-state index is 12.1. The number of hydrogen-bond acceptors (Lipinski definition) is 4. The topological polar surface area (TPSA) is 44.8 Å². The molecule has 1 spiro atoms. The van der Waals surface area contributed by atoms with Crippen LogP contribution in [0.25, 0.3) is 0 Å². The average molecular weight is 372 g/mol. The van der Waals surface area contributed by atoms with Gasteiger partial charge < -0.3 is 15.0 Å². The fourth-order valence-electron chi connectivity index (χ4n) is 5.14. The summed E-state index contributed by atoms with van der Waals surface area (Å²) in [5, 5.41) is 3.95. The van der Waals surface area contributed by atoms with Crippen molar-refractivity contribution >= 4 is 5.91 Å². The number of benzene rings is 1. The Hall–Kier alpha value is -1.43. The van der Waals surface area contributed by atoms with E-state index < -0.39 is 0 Å². The van der Waals surface area contributed by atoms with Gasteiger partial charge in [-0.05, 0) is 61.7 Å². The smallest absolute Gasteiger partial charge is 0.236 e. The number of likely N-dealkylation sites (tertiary alicyclic amines) is 1. The molecule has 2 fully saturated rings. The zero-order valence-electron chi connectivity index (χ0n) is 16.7. The van der Waals surface area contributed by atoms with Crippen LogP contribution in [-0.4, -0.2) is 68.7 Å². The first-order chi connectivity index (χ1) is 13.1. The van der Waals surface area contributed by atoms with E-state index in [2.05, 4.69) is 34.5 Å². The second-order valence-electron chi connectivity index (χ2n) is 8.74. The summed E-state index contributed by atoms with van der Waals surface area (Å²) in [6, 6.07) is 10.1. The van der Waals surface area contributed by atoms with Gasteiger partial charge in [-0.25, -0.2) is 0 Å². The van der Waals surface area contributed by atoms with Crippen molar-refractivity contribution in [2.24, 2.45) is 0 Å². The lowest BCUT2D eigenvalue weighted by molar-refractivity contribution is -0.130. The Balaban J connectivity index is 1.45. The number of amides is 1. The molecule has 3 aliphatic rings. The Morgan fingerprint density at radius 3 is 2.63 bits per heavy atom. The van der Waals surface area contributed by atoms with E-state index in [0.29, 0.717) is 18.6 Å². The number of fused-ring (bicyclic) bond motifs is 2. The summed E-state index contributed by atoms with van der Waals surface area (Å²) < 4.78 is 5.53. The summed E-state index contributed by atoms with van der Waals surface area (Å²) >= 11 is 0. The van der Waals surface area contributed by atoms with E-state index >= 15 is 0 Å². The van der Waals surface area contributed by atoms with E-state index in [9.17, 15) is 4.79 Å². The van der Waals surface area contributed by atoms with Gasteiger partial charge in [0.2, 0.25) is 5.91 Å². The molecular formula is C22H33N3O2. The Bertz CT molecular complexity index is 661. The molecule has 148 valence electrons. The molecule has 0 saturated carbocycles. The molecule has 0 radical (unpaired) electrons. The third-order valence-electron chi connectivity index (χ3n) is 6.83. The highest BCUT2D eigenvalue weighted by atomic mass is 16.5. The number of carbonyl (C=O) groups is 1. The third-order valence-corrected chi connectivity index (χ3v) is 6.83. The van der Waals surface area contributed by atoms with Crippen molar-refractivity contribution in [3.63, 3.8) is 0 Å². The summed E-state index contributed by atoms with van der Waals surface area (Å²) in [5.74, 6) is 0.205. The average Bonchev–Trinajstić information content (AvgIpc) is 2.98. The maximum atomic E-state index is 12.1. The molecule has 27 heavy (non-hydrogen) atoms. The number of ether oxygens (including phenoxy) is 1. The molecule has 2 heterocycles. The van der Waals surface area contributed by atoms with E-state index in [1.807, 2.05) is 14.1 Å². The predicted molar refractivity (Wildman–Crippen MR) is 107 cm³/mol. The third kappa shape index (κ3) is 3.91. The number of nitrogens with one attached hydrogen (secondary N) is 1. The Kier molecular flexibility index (Phi) is 5.53. The van der Waals surface area contributed by atoms with Crippen LogP contribution in [0.15, 0.2) is 24.3 Å². The van der Waals surface area contributed by atoms with Crippen molar-refractivity contribution in [1.82, 2.24) is 15.1 Å². The van der Waals surface area contributed by atoms with Crippen LogP contribution >= 0.6 is 0 Å². The van der Waals surface area contributed by atoms with Crippen LogP contribution < -0.4 is 5.32 Å². The van der Waals surface area contributed by atoms with Crippen molar-refractivity contribution in [2.75, 3.05) is 46.9 Å². The normalized spacial score (nSPS) is 25.5. The standard InChI is InChI=1S/C22H33N3O2/c1-24(2)21(26)16-25-11-9-22(10-12-25)15-20(18-5-3-4-6-19(18)22)23-17-7-13-27-14-8-17/h3-6,17,20,23H,7-16H2,1-2H3/t20-/m1/s1. The molecule has 2 saturated heterocycles. The number of rotatable bonds is 4. The summed E-state index contributed by atoms with van der Waals surface area (Å²) in [6.07, 6.45) is 5.73. The summed E-state index contributed by atoms with van der Waals surface area (Å²) in [6.45, 7) is 4.34. The van der Waals surface area contributed by atoms with Crippen LogP contribution in [0.1, 0.15) is 49.3 Å². The Labute approximate surface area is 163 Å². The van der Waals surface area contributed by atoms with Crippen LogP contribution in [-0.2, 0) is 14.9 Å². The second kappa shape index (κ2) is 7.90. The van der Waals surface area contributed by atoms with Gasteiger partial charge in [-0.15, -0.1) is 0 Å². The van der Waals surface area contributed by atoms with Crippen molar-refractivity contribution in [3.05, 3.63) is 35.4 Å². The van der Waals surface area contributed by atoms with Gasteiger partial charge in [-0.2, -0.15) is 0 Å². The molecule has 5 nitrogen and oxygen atoms in total. The molecule has 4 rings (SSSR count). The molecule has 1 aromatic carbocycles. The SMILES string of the molecule is CN(C)C(=O)CN1CCC2(CC1)C[C@@H](NC1CCOCC1)c1ccccc12. The fraction of sp³-hybridized carbons (Fsp3) is 0.682. The highest BCUT2D eigenvalue weighted by Gasteiger charge is 2.45. The quantitative estimate of drug-likeness (QED) is 0.882. The zero-order valence-corrected chi connectivity index (χ0v) is 16.7. The van der Waals surface area contributed by atoms with Crippen LogP contribution in [0.4, 0.5) is 0 Å². The molecule has 5 heteroatoms. The number of likely N-dealkylation sites (N-methyl/N-ethyl adjacent to an activating group) is 1. The van der Waals surface area contributed by atoms with Crippen molar-refractivity contribution < 1.29 is 9.53 Å². The highest BCUT2D eigenvalue weighted by Crippen LogP contribution is 2.50. The van der Waals surface area contributed by atoms with Gasteiger partial charge in [-0.1, -0.05) is 24.3 Å². The van der Waals surface area contributed by atoms with Gasteiger partial charge in [0.1, 0.15) is 0 Å². The maximum Gasteiger partial charge on any atom is 0.236 e. The molecule has 1 atom stereocenters. The van der Waals surface area contributed by atoms with E-state index in [-0.39, 0.29) is 11.3 Å². The molecule has 0 unspecified atom stereocenters. The Morgan fingerprint density at radius 1 is 1.22 bits per heavy atom. The monoisotopic (exact) mass is 371 g/mol. The van der Waals surface area contributed by atoms with Crippen LogP contribution in [0.3, 0.4) is 0 Å². The lowest BCUT2D eigenvalue weighted by atomic mass is 9.73. The molecule has 0 bridgehead atoms. The summed E-state index contributed by atoms with van der Waals surface area (Å²) in [5.41, 5.74) is 3.33. The second-order valence-corrected chi connectivity index (χ2v) is 8.74. The minimum atomic E-state index is 0.205. The molecule has 1 amide bonds. The van der Waals surface area contributed by atoms with Gasteiger partial charge in [0.25, 0.3) is 0 Å². The molecule has 0 aromatic heterocycles. The van der Waals surface area contributed by atoms with Crippen LogP contribution in [0.5, 0.6) is 0 Å². The number of nitrogens with zero attached hydrogens (tertiary/aromatic N) is 2. The largest absolute Gasteiger partial charge is 0.381 e. The van der Waals surface area contributed by atoms with Crippen molar-refractivity contribution in [1.29, 1.82) is 0 Å². The predicted octanol–water partition coefficient (Wildman–Crippen LogP) is 2.32. The minimum Gasteiger partial charge on any atom is -0.381 e. The summed E-state index contributed by atoms with van der Waals surface area (Å²) in [4.78, 5) is 16.1. The first kappa shape index (κ1) is 18.9. The molecule has 2 aliphatic heterocycles. The lowest BCUT2D eigenvalue weighted by Crippen LogP contribution is -2.46. The Morgan fingerprint density at radius 2 is 1.93 bits per heavy atom. The molecular weight excluding hydrogens is 338 g/mol. The fourth-order valence-corrected chi connectivity index (χ4v) is 5.14. The van der Waals surface area contributed by atoms with Crippen LogP contribution in [0, 0.1) is 0 Å². The lowest BCUT2D eigenvalue weighted by Gasteiger charge is -2.40. The van der Waals surface area contributed by atoms with Gasteiger partial charge in [0, 0.05) is 39.4 Å². The zero-order chi connectivity index (χ0) is 18.9. The van der Waals surface area contributed by atoms with Gasteiger partial charge in [-0.3, -0.25) is 9.69 Å². The molecule has 1 aromatic rings. The van der Waals surface area contributed by atoms with E-state index in [4.69, 9.17) is 4.74 Å². The van der Waals surface area contributed by atoms with E-state index in [1.165, 1.54) is 12.0 Å². The van der Waals surface area contributed by atoms with Gasteiger partial charge in [0.05, 0.1) is 6.54 Å². The first-order valence-corrected chi connectivity index (χ1v) is 10.4. The van der Waals surface area contributed by atoms with E-state index in [1.54, 1.807) is 10.5 Å². The number of carbonyl (C=O) groups excluding carboxylic acids is 1. The van der Waals surface area contributed by atoms with Gasteiger partial charge >= 0.3 is 0 Å². The number of piperidine rings is 1.